The smallest absolute Gasteiger partial charge is 0.465 e. The maximum atomic E-state index is 14.0. The zero-order valence-electron chi connectivity index (χ0n) is 25.8. The van der Waals surface area contributed by atoms with Crippen LogP contribution in [0.1, 0.15) is 43.6 Å². The Labute approximate surface area is 267 Å². The van der Waals surface area contributed by atoms with E-state index in [9.17, 15) is 19.2 Å². The first-order chi connectivity index (χ1) is 21.8. The number of nitrogens with zero attached hydrogens (tertiary/aromatic N) is 1. The molecule has 10 nitrogen and oxygen atoms in total. The van der Waals surface area contributed by atoms with Crippen molar-refractivity contribution in [1.29, 1.82) is 0 Å². The van der Waals surface area contributed by atoms with Crippen LogP contribution in [0.5, 0.6) is 0 Å². The van der Waals surface area contributed by atoms with E-state index in [1.165, 1.54) is 11.8 Å². The molecule has 3 aromatic rings. The van der Waals surface area contributed by atoms with Crippen molar-refractivity contribution in [2.75, 3.05) is 32.1 Å². The SMILES string of the molecule is CCOC(=O)OC(C)OC(=O)CN1CC(c2ccc3ccccc3c2)SCC(NC(CCc2ccccc2)C(=O)OCC)C1=O. The van der Waals surface area contributed by atoms with Crippen LogP contribution in [-0.4, -0.2) is 79.3 Å². The summed E-state index contributed by atoms with van der Waals surface area (Å²) < 4.78 is 20.3. The van der Waals surface area contributed by atoms with E-state index >= 15 is 0 Å². The van der Waals surface area contributed by atoms with Crippen LogP contribution in [0.25, 0.3) is 10.8 Å². The van der Waals surface area contributed by atoms with Gasteiger partial charge >= 0.3 is 18.1 Å². The lowest BCUT2D eigenvalue weighted by Crippen LogP contribution is -2.54. The number of carbonyl (C=O) groups excluding carboxylic acids is 4. The standard InChI is InChI=1S/C34H40N2O8S/c1-4-41-33(39)28(18-15-24-11-7-6-8-12-24)35-29-22-45-30(27-17-16-25-13-9-10-14-26(25)19-27)20-36(32(29)38)21-31(37)43-23(3)44-34(40)42-5-2/h6-14,16-17,19,23,28-30,35H,4-5,15,18,20-22H2,1-3H3. The van der Waals surface area contributed by atoms with Crippen molar-refractivity contribution in [3.05, 3.63) is 83.9 Å². The molecule has 1 heterocycles. The van der Waals surface area contributed by atoms with Gasteiger partial charge in [0.25, 0.3) is 0 Å². The molecular formula is C34H40N2O8S. The van der Waals surface area contributed by atoms with Crippen LogP contribution in [0.3, 0.4) is 0 Å². The maximum Gasteiger partial charge on any atom is 0.511 e. The first-order valence-electron chi connectivity index (χ1n) is 15.2. The molecule has 0 bridgehead atoms. The second-order valence-electron chi connectivity index (χ2n) is 10.6. The molecule has 1 aliphatic rings. The third-order valence-electron chi connectivity index (χ3n) is 7.29. The van der Waals surface area contributed by atoms with E-state index in [4.69, 9.17) is 18.9 Å². The predicted molar refractivity (Wildman–Crippen MR) is 171 cm³/mol. The van der Waals surface area contributed by atoms with E-state index < -0.39 is 36.5 Å². The minimum atomic E-state index is -1.20. The quantitative estimate of drug-likeness (QED) is 0.155. The van der Waals surface area contributed by atoms with E-state index in [0.29, 0.717) is 18.6 Å². The number of esters is 2. The lowest BCUT2D eigenvalue weighted by atomic mass is 10.0. The molecule has 0 spiro atoms. The molecule has 11 heteroatoms. The molecule has 1 saturated heterocycles. The molecule has 1 N–H and O–H groups in total. The number of amides is 1. The fourth-order valence-electron chi connectivity index (χ4n) is 5.12. The van der Waals surface area contributed by atoms with Crippen LogP contribution < -0.4 is 5.32 Å². The highest BCUT2D eigenvalue weighted by atomic mass is 32.2. The Kier molecular flexibility index (Phi) is 12.6. The Balaban J connectivity index is 1.54. The average molecular weight is 637 g/mol. The molecule has 3 aromatic carbocycles. The molecule has 0 radical (unpaired) electrons. The first-order valence-corrected chi connectivity index (χ1v) is 16.2. The summed E-state index contributed by atoms with van der Waals surface area (Å²) >= 11 is 1.58. The highest BCUT2D eigenvalue weighted by molar-refractivity contribution is 7.99. The van der Waals surface area contributed by atoms with Gasteiger partial charge in [0, 0.05) is 24.5 Å². The van der Waals surface area contributed by atoms with E-state index in [-0.39, 0.29) is 37.5 Å². The summed E-state index contributed by atoms with van der Waals surface area (Å²) in [6, 6.07) is 22.5. The molecule has 4 atom stereocenters. The van der Waals surface area contributed by atoms with Gasteiger partial charge in [0.15, 0.2) is 0 Å². The van der Waals surface area contributed by atoms with Crippen LogP contribution in [0.15, 0.2) is 72.8 Å². The van der Waals surface area contributed by atoms with Crippen LogP contribution in [0.2, 0.25) is 0 Å². The summed E-state index contributed by atoms with van der Waals surface area (Å²) in [5.74, 6) is -1.15. The minimum Gasteiger partial charge on any atom is -0.465 e. The van der Waals surface area contributed by atoms with E-state index in [1.54, 1.807) is 25.6 Å². The summed E-state index contributed by atoms with van der Waals surface area (Å²) in [5.41, 5.74) is 2.07. The Hall–Kier alpha value is -4.09. The van der Waals surface area contributed by atoms with E-state index in [0.717, 1.165) is 21.9 Å². The van der Waals surface area contributed by atoms with Crippen LogP contribution in [0.4, 0.5) is 4.79 Å². The number of ether oxygens (including phenoxy) is 4. The van der Waals surface area contributed by atoms with Crippen LogP contribution >= 0.6 is 11.8 Å². The summed E-state index contributed by atoms with van der Waals surface area (Å²) in [4.78, 5) is 53.1. The lowest BCUT2D eigenvalue weighted by molar-refractivity contribution is -0.171. The molecule has 1 aliphatic heterocycles. The molecule has 0 saturated carbocycles. The van der Waals surface area contributed by atoms with Gasteiger partial charge in [-0.25, -0.2) is 4.79 Å². The third-order valence-corrected chi connectivity index (χ3v) is 8.63. The summed E-state index contributed by atoms with van der Waals surface area (Å²) in [6.45, 7) is 4.96. The van der Waals surface area contributed by atoms with Gasteiger partial charge in [-0.15, -0.1) is 11.8 Å². The normalized spacial score (nSPS) is 18.0. The Morgan fingerprint density at radius 1 is 0.933 bits per heavy atom. The van der Waals surface area contributed by atoms with Gasteiger partial charge in [-0.2, -0.15) is 0 Å². The van der Waals surface area contributed by atoms with Crippen molar-refractivity contribution in [3.8, 4) is 0 Å². The van der Waals surface area contributed by atoms with Gasteiger partial charge in [-0.05, 0) is 54.7 Å². The fourth-order valence-corrected chi connectivity index (χ4v) is 6.41. The van der Waals surface area contributed by atoms with Gasteiger partial charge in [-0.1, -0.05) is 66.7 Å². The molecule has 0 aromatic heterocycles. The molecule has 1 fully saturated rings. The van der Waals surface area contributed by atoms with Gasteiger partial charge in [0.1, 0.15) is 12.6 Å². The number of rotatable bonds is 13. The van der Waals surface area contributed by atoms with E-state index in [2.05, 4.69) is 11.4 Å². The highest BCUT2D eigenvalue weighted by Gasteiger charge is 2.36. The topological polar surface area (TPSA) is 120 Å². The van der Waals surface area contributed by atoms with Gasteiger partial charge < -0.3 is 23.8 Å². The van der Waals surface area contributed by atoms with E-state index in [1.807, 2.05) is 66.7 Å². The van der Waals surface area contributed by atoms with Crippen molar-refractivity contribution < 1.29 is 38.1 Å². The fraction of sp³-hybridized carbons (Fsp3) is 0.412. The number of benzene rings is 3. The number of thioether (sulfide) groups is 1. The molecular weight excluding hydrogens is 596 g/mol. The predicted octanol–water partition coefficient (Wildman–Crippen LogP) is 5.04. The zero-order valence-corrected chi connectivity index (χ0v) is 26.6. The monoisotopic (exact) mass is 636 g/mol. The second kappa shape index (κ2) is 16.8. The second-order valence-corrected chi connectivity index (χ2v) is 11.8. The molecule has 4 unspecified atom stereocenters. The van der Waals surface area contributed by atoms with Crippen molar-refractivity contribution >= 4 is 46.5 Å². The number of hydrogen-bond donors (Lipinski definition) is 1. The Bertz CT molecular complexity index is 1450. The third kappa shape index (κ3) is 9.95. The molecule has 0 aliphatic carbocycles. The van der Waals surface area contributed by atoms with Crippen LogP contribution in [0, 0.1) is 0 Å². The number of fused-ring (bicyclic) bond motifs is 1. The van der Waals surface area contributed by atoms with Crippen molar-refractivity contribution in [3.63, 3.8) is 0 Å². The van der Waals surface area contributed by atoms with Gasteiger partial charge in [-0.3, -0.25) is 19.7 Å². The van der Waals surface area contributed by atoms with Gasteiger partial charge in [0.05, 0.1) is 19.3 Å². The van der Waals surface area contributed by atoms with Crippen molar-refractivity contribution in [1.82, 2.24) is 10.2 Å². The van der Waals surface area contributed by atoms with Crippen LogP contribution in [-0.2, 0) is 39.8 Å². The first kappa shape index (κ1) is 33.8. The molecule has 45 heavy (non-hydrogen) atoms. The summed E-state index contributed by atoms with van der Waals surface area (Å²) in [6.07, 6.45) is -1.12. The highest BCUT2D eigenvalue weighted by Crippen LogP contribution is 2.35. The number of carbonyl (C=O) groups is 4. The number of hydrogen-bond acceptors (Lipinski definition) is 10. The summed E-state index contributed by atoms with van der Waals surface area (Å²) in [5, 5.41) is 5.27. The Morgan fingerprint density at radius 3 is 2.38 bits per heavy atom. The van der Waals surface area contributed by atoms with Crippen molar-refractivity contribution in [2.24, 2.45) is 0 Å². The molecule has 4 rings (SSSR count). The largest absolute Gasteiger partial charge is 0.511 e. The molecule has 1 amide bonds. The lowest BCUT2D eigenvalue weighted by Gasteiger charge is -2.27. The van der Waals surface area contributed by atoms with Crippen molar-refractivity contribution in [2.45, 2.75) is 57.2 Å². The zero-order chi connectivity index (χ0) is 32.2. The number of nitrogens with one attached hydrogen (secondary N) is 1. The Morgan fingerprint density at radius 2 is 1.64 bits per heavy atom. The minimum absolute atomic E-state index is 0.113. The summed E-state index contributed by atoms with van der Waals surface area (Å²) in [7, 11) is 0. The average Bonchev–Trinajstić information content (AvgIpc) is 3.17. The number of aryl methyl sites for hydroxylation is 1. The van der Waals surface area contributed by atoms with Gasteiger partial charge in [0.2, 0.25) is 12.2 Å². The maximum absolute atomic E-state index is 14.0. The molecule has 240 valence electrons.